The van der Waals surface area contributed by atoms with E-state index in [-0.39, 0.29) is 11.9 Å². The van der Waals surface area contributed by atoms with Crippen molar-refractivity contribution in [2.45, 2.75) is 32.4 Å². The molecule has 0 saturated carbocycles. The van der Waals surface area contributed by atoms with Gasteiger partial charge in [0.15, 0.2) is 0 Å². The topological polar surface area (TPSA) is 96.1 Å². The van der Waals surface area contributed by atoms with E-state index in [2.05, 4.69) is 20.6 Å². The molecule has 0 spiro atoms. The number of aromatic nitrogens is 2. The predicted molar refractivity (Wildman–Crippen MR) is 128 cm³/mol. The second kappa shape index (κ2) is 9.16. The van der Waals surface area contributed by atoms with Gasteiger partial charge in [0.05, 0.1) is 23.4 Å². The van der Waals surface area contributed by atoms with E-state index in [4.69, 9.17) is 4.74 Å². The maximum atomic E-state index is 13.1. The fraction of sp³-hybridized carbons (Fsp3) is 0.192. The summed E-state index contributed by atoms with van der Waals surface area (Å²) in [5.41, 5.74) is 4.11. The predicted octanol–water partition coefficient (Wildman–Crippen LogP) is 5.43. The third-order valence-corrected chi connectivity index (χ3v) is 4.98. The average Bonchev–Trinajstić information content (AvgIpc) is 3.25. The smallest absolute Gasteiger partial charge is 0.412 e. The molecule has 1 heterocycles. The maximum absolute atomic E-state index is 13.1. The monoisotopic (exact) mass is 442 g/mol. The minimum atomic E-state index is -0.588. The van der Waals surface area contributed by atoms with Crippen LogP contribution < -0.4 is 10.6 Å². The minimum absolute atomic E-state index is 0.225. The van der Waals surface area contributed by atoms with Gasteiger partial charge in [-0.15, -0.1) is 0 Å². The van der Waals surface area contributed by atoms with Crippen LogP contribution in [0.5, 0.6) is 0 Å². The fourth-order valence-corrected chi connectivity index (χ4v) is 3.48. The number of fused-ring (bicyclic) bond motifs is 1. The van der Waals surface area contributed by atoms with Crippen molar-refractivity contribution in [3.63, 3.8) is 0 Å². The molecule has 4 rings (SSSR count). The first-order chi connectivity index (χ1) is 15.8. The standard InChI is InChI=1S/C26H26N4O3/c1-26(2,3)33-25(32)29-20-12-9-18(10-13-20)24(31)30-23(17-7-5-4-6-8-17)19-11-14-21-22(15-19)28-16-27-21/h4-16,23H,1-3H3,(H,27,28)(H,29,32)(H,30,31). The summed E-state index contributed by atoms with van der Waals surface area (Å²) in [4.78, 5) is 32.4. The molecule has 33 heavy (non-hydrogen) atoms. The van der Waals surface area contributed by atoms with Crippen LogP contribution in [0.25, 0.3) is 11.0 Å². The SMILES string of the molecule is CC(C)(C)OC(=O)Nc1ccc(C(=O)NC(c2ccccc2)c2ccc3nc[nH]c3c2)cc1. The van der Waals surface area contributed by atoms with Crippen molar-refractivity contribution in [2.24, 2.45) is 0 Å². The van der Waals surface area contributed by atoms with E-state index in [9.17, 15) is 9.59 Å². The van der Waals surface area contributed by atoms with Crippen LogP contribution in [0.1, 0.15) is 48.3 Å². The number of aromatic amines is 1. The number of hydrogen-bond acceptors (Lipinski definition) is 4. The summed E-state index contributed by atoms with van der Waals surface area (Å²) in [6.07, 6.45) is 1.11. The fourth-order valence-electron chi connectivity index (χ4n) is 3.48. The van der Waals surface area contributed by atoms with Gasteiger partial charge >= 0.3 is 6.09 Å². The van der Waals surface area contributed by atoms with Gasteiger partial charge in [-0.1, -0.05) is 36.4 Å². The third-order valence-electron chi connectivity index (χ3n) is 4.98. The number of nitrogens with one attached hydrogen (secondary N) is 3. The molecule has 3 aromatic carbocycles. The summed E-state index contributed by atoms with van der Waals surface area (Å²) in [6.45, 7) is 5.40. The zero-order valence-corrected chi connectivity index (χ0v) is 18.8. The lowest BCUT2D eigenvalue weighted by molar-refractivity contribution is 0.0635. The number of nitrogens with zero attached hydrogens (tertiary/aromatic N) is 1. The van der Waals surface area contributed by atoms with E-state index in [0.717, 1.165) is 22.2 Å². The lowest BCUT2D eigenvalue weighted by Crippen LogP contribution is -2.29. The average molecular weight is 443 g/mol. The van der Waals surface area contributed by atoms with Gasteiger partial charge in [0.1, 0.15) is 5.60 Å². The van der Waals surface area contributed by atoms with E-state index in [1.54, 1.807) is 51.4 Å². The summed E-state index contributed by atoms with van der Waals surface area (Å²) in [7, 11) is 0. The van der Waals surface area contributed by atoms with Crippen molar-refractivity contribution >= 4 is 28.7 Å². The lowest BCUT2D eigenvalue weighted by atomic mass is 9.97. The number of carbonyl (C=O) groups is 2. The quantitative estimate of drug-likeness (QED) is 0.384. The molecule has 0 aliphatic rings. The zero-order chi connectivity index (χ0) is 23.4. The van der Waals surface area contributed by atoms with Crippen molar-refractivity contribution in [1.29, 1.82) is 0 Å². The normalized spacial score (nSPS) is 12.2. The van der Waals surface area contributed by atoms with Gasteiger partial charge in [0.2, 0.25) is 0 Å². The molecule has 2 amide bonds. The van der Waals surface area contributed by atoms with Crippen molar-refractivity contribution < 1.29 is 14.3 Å². The molecule has 7 heteroatoms. The van der Waals surface area contributed by atoms with E-state index in [1.165, 1.54) is 0 Å². The molecule has 0 saturated heterocycles. The Morgan fingerprint density at radius 2 is 1.67 bits per heavy atom. The number of carbonyl (C=O) groups excluding carboxylic acids is 2. The number of hydrogen-bond donors (Lipinski definition) is 3. The molecule has 3 N–H and O–H groups in total. The summed E-state index contributed by atoms with van der Waals surface area (Å²) in [6, 6.07) is 22.0. The zero-order valence-electron chi connectivity index (χ0n) is 18.8. The second-order valence-electron chi connectivity index (χ2n) is 8.70. The Hall–Kier alpha value is -4.13. The molecule has 1 unspecified atom stereocenters. The molecule has 0 fully saturated rings. The number of ether oxygens (including phenoxy) is 1. The summed E-state index contributed by atoms with van der Waals surface area (Å²) >= 11 is 0. The van der Waals surface area contributed by atoms with Gasteiger partial charge in [-0.25, -0.2) is 9.78 Å². The molecule has 0 bridgehead atoms. The Balaban J connectivity index is 1.53. The molecule has 1 atom stereocenters. The van der Waals surface area contributed by atoms with Gasteiger partial charge < -0.3 is 15.0 Å². The van der Waals surface area contributed by atoms with Gasteiger partial charge in [-0.3, -0.25) is 10.1 Å². The first-order valence-corrected chi connectivity index (χ1v) is 10.7. The maximum Gasteiger partial charge on any atom is 0.412 e. The summed E-state index contributed by atoms with van der Waals surface area (Å²) < 4.78 is 5.26. The molecule has 0 radical (unpaired) electrons. The van der Waals surface area contributed by atoms with Crippen LogP contribution in [0.3, 0.4) is 0 Å². The molecule has 7 nitrogen and oxygen atoms in total. The van der Waals surface area contributed by atoms with Crippen LogP contribution in [0.15, 0.2) is 79.1 Å². The first kappa shape index (κ1) is 22.1. The van der Waals surface area contributed by atoms with Gasteiger partial charge in [0.25, 0.3) is 5.91 Å². The van der Waals surface area contributed by atoms with Crippen LogP contribution in [-0.4, -0.2) is 27.6 Å². The van der Waals surface area contributed by atoms with Crippen molar-refractivity contribution in [3.8, 4) is 0 Å². The third kappa shape index (κ3) is 5.57. The van der Waals surface area contributed by atoms with Crippen molar-refractivity contribution in [2.75, 3.05) is 5.32 Å². The molecular weight excluding hydrogens is 416 g/mol. The number of H-pyrrole nitrogens is 1. The van der Waals surface area contributed by atoms with E-state index < -0.39 is 11.7 Å². The number of anilines is 1. The largest absolute Gasteiger partial charge is 0.444 e. The number of benzene rings is 3. The Bertz CT molecular complexity index is 1260. The molecule has 168 valence electrons. The van der Waals surface area contributed by atoms with Gasteiger partial charge in [-0.05, 0) is 68.3 Å². The molecular formula is C26H26N4O3. The second-order valence-corrected chi connectivity index (χ2v) is 8.70. The number of amides is 2. The van der Waals surface area contributed by atoms with Crippen LogP contribution in [0, 0.1) is 0 Å². The summed E-state index contributed by atoms with van der Waals surface area (Å²) in [5.74, 6) is -0.225. The highest BCUT2D eigenvalue weighted by Gasteiger charge is 2.19. The summed E-state index contributed by atoms with van der Waals surface area (Å²) in [5, 5.41) is 5.80. The van der Waals surface area contributed by atoms with E-state index in [1.807, 2.05) is 48.5 Å². The van der Waals surface area contributed by atoms with Crippen molar-refractivity contribution in [1.82, 2.24) is 15.3 Å². The van der Waals surface area contributed by atoms with Gasteiger partial charge in [-0.2, -0.15) is 0 Å². The highest BCUT2D eigenvalue weighted by Crippen LogP contribution is 2.25. The number of imidazole rings is 1. The Morgan fingerprint density at radius 3 is 2.36 bits per heavy atom. The Kier molecular flexibility index (Phi) is 6.13. The molecule has 0 aliphatic heterocycles. The van der Waals surface area contributed by atoms with Crippen LogP contribution in [0.4, 0.5) is 10.5 Å². The highest BCUT2D eigenvalue weighted by molar-refractivity contribution is 5.95. The minimum Gasteiger partial charge on any atom is -0.444 e. The molecule has 0 aliphatic carbocycles. The molecule has 4 aromatic rings. The lowest BCUT2D eigenvalue weighted by Gasteiger charge is -2.20. The first-order valence-electron chi connectivity index (χ1n) is 10.7. The Labute approximate surface area is 192 Å². The van der Waals surface area contributed by atoms with Gasteiger partial charge in [0, 0.05) is 11.3 Å². The van der Waals surface area contributed by atoms with Crippen LogP contribution >= 0.6 is 0 Å². The molecule has 1 aromatic heterocycles. The van der Waals surface area contributed by atoms with Crippen LogP contribution in [-0.2, 0) is 4.74 Å². The number of rotatable bonds is 5. The Morgan fingerprint density at radius 1 is 0.939 bits per heavy atom. The van der Waals surface area contributed by atoms with E-state index in [0.29, 0.717) is 11.3 Å². The van der Waals surface area contributed by atoms with Crippen molar-refractivity contribution in [3.05, 3.63) is 95.8 Å². The highest BCUT2D eigenvalue weighted by atomic mass is 16.6. The van der Waals surface area contributed by atoms with E-state index >= 15 is 0 Å². The van der Waals surface area contributed by atoms with Crippen LogP contribution in [0.2, 0.25) is 0 Å².